The Morgan fingerprint density at radius 1 is 0.887 bits per heavy atom. The van der Waals surface area contributed by atoms with Crippen molar-refractivity contribution < 1.29 is 14.4 Å². The second kappa shape index (κ2) is 15.2. The van der Waals surface area contributed by atoms with Gasteiger partial charge in [0.2, 0.25) is 11.8 Å². The molecule has 4 aliphatic rings. The molecule has 0 radical (unpaired) electrons. The van der Waals surface area contributed by atoms with Gasteiger partial charge in [-0.25, -0.2) is 4.98 Å². The maximum Gasteiger partial charge on any atom is 0.255 e. The third-order valence-corrected chi connectivity index (χ3v) is 11.2. The number of carbonyl (C=O) groups is 3. The van der Waals surface area contributed by atoms with Crippen molar-refractivity contribution in [2.24, 2.45) is 5.73 Å². The number of benzene rings is 3. The van der Waals surface area contributed by atoms with Gasteiger partial charge in [0.1, 0.15) is 6.04 Å². The van der Waals surface area contributed by atoms with Gasteiger partial charge in [-0.3, -0.25) is 24.7 Å². The van der Waals surface area contributed by atoms with Crippen molar-refractivity contribution in [1.82, 2.24) is 25.5 Å². The summed E-state index contributed by atoms with van der Waals surface area (Å²) in [5, 5.41) is 13.6. The number of nitrogens with one attached hydrogen (secondary N) is 4. The molecule has 53 heavy (non-hydrogen) atoms. The molecule has 3 aromatic carbocycles. The standard InChI is InChI=1S/C41H47N9O3/c42-22-26(37-24-44-35-11-1-2-12-36(35)47-37)23-43-27-16-18-49(19-17-27)31-9-4-8-30(21-31)45-28-6-3-7-29(20-28)46-34-13-5-10-32-33(34)25-50(41(32)53)38-14-15-39(51)48-40(38)52/h1-2,4-5,8-13,21,23-24,27-29,38,43,45-46H,3,6-7,14-20,22,25,42H2,(H,48,51,52)/b26-23+. The second-order valence-corrected chi connectivity index (χ2v) is 14.7. The van der Waals surface area contributed by atoms with Gasteiger partial charge < -0.3 is 31.5 Å². The molecule has 1 aromatic heterocycles. The van der Waals surface area contributed by atoms with Gasteiger partial charge in [-0.15, -0.1) is 0 Å². The van der Waals surface area contributed by atoms with Crippen LogP contribution in [0.1, 0.15) is 73.0 Å². The molecule has 3 fully saturated rings. The number of anilines is 3. The van der Waals surface area contributed by atoms with E-state index in [0.717, 1.165) is 90.9 Å². The van der Waals surface area contributed by atoms with Gasteiger partial charge in [-0.1, -0.05) is 24.3 Å². The average molecular weight is 714 g/mol. The van der Waals surface area contributed by atoms with Gasteiger partial charge in [0.25, 0.3) is 5.91 Å². The molecule has 12 heteroatoms. The number of fused-ring (bicyclic) bond motifs is 2. The Labute approximate surface area is 309 Å². The number of hydrogen-bond acceptors (Lipinski definition) is 10. The van der Waals surface area contributed by atoms with Crippen LogP contribution in [0.15, 0.2) is 79.1 Å². The Bertz CT molecular complexity index is 2040. The molecule has 2 saturated heterocycles. The molecule has 12 nitrogen and oxygen atoms in total. The van der Waals surface area contributed by atoms with E-state index in [1.165, 1.54) is 5.69 Å². The van der Waals surface area contributed by atoms with Crippen LogP contribution in [0.25, 0.3) is 16.6 Å². The van der Waals surface area contributed by atoms with Crippen molar-refractivity contribution in [1.29, 1.82) is 0 Å². The minimum absolute atomic E-state index is 0.147. The molecule has 4 heterocycles. The number of rotatable bonds is 10. The van der Waals surface area contributed by atoms with E-state index in [-0.39, 0.29) is 30.2 Å². The summed E-state index contributed by atoms with van der Waals surface area (Å²) in [6.07, 6.45) is 10.7. The first-order valence-corrected chi connectivity index (χ1v) is 18.9. The first kappa shape index (κ1) is 34.6. The number of para-hydroxylation sites is 2. The molecule has 3 unspecified atom stereocenters. The van der Waals surface area contributed by atoms with Gasteiger partial charge in [0.15, 0.2) is 0 Å². The second-order valence-electron chi connectivity index (χ2n) is 14.7. The van der Waals surface area contributed by atoms with Crippen molar-refractivity contribution in [3.63, 3.8) is 0 Å². The van der Waals surface area contributed by atoms with Crippen LogP contribution in [0.3, 0.4) is 0 Å². The van der Waals surface area contributed by atoms with Gasteiger partial charge in [0.05, 0.1) is 22.9 Å². The van der Waals surface area contributed by atoms with Gasteiger partial charge in [0, 0.05) is 90.7 Å². The summed E-state index contributed by atoms with van der Waals surface area (Å²) in [5.41, 5.74) is 14.5. The molecule has 3 amide bonds. The number of amides is 3. The summed E-state index contributed by atoms with van der Waals surface area (Å²) >= 11 is 0. The van der Waals surface area contributed by atoms with Crippen molar-refractivity contribution in [2.75, 3.05) is 35.2 Å². The normalized spacial score (nSPS) is 22.5. The molecule has 3 atom stereocenters. The number of nitrogens with two attached hydrogens (primary N) is 1. The first-order valence-electron chi connectivity index (χ1n) is 18.9. The Morgan fingerprint density at radius 2 is 1.68 bits per heavy atom. The van der Waals surface area contributed by atoms with Crippen LogP contribution in [-0.4, -0.2) is 76.4 Å². The minimum atomic E-state index is -0.619. The topological polar surface area (TPSA) is 158 Å². The molecule has 274 valence electrons. The molecular formula is C41H47N9O3. The molecule has 8 rings (SSSR count). The maximum absolute atomic E-state index is 13.3. The zero-order valence-corrected chi connectivity index (χ0v) is 29.9. The lowest BCUT2D eigenvalue weighted by molar-refractivity contribution is -0.136. The molecule has 0 spiro atoms. The quantitative estimate of drug-likeness (QED) is 0.145. The van der Waals surface area contributed by atoms with Crippen molar-refractivity contribution in [2.45, 2.75) is 82.1 Å². The minimum Gasteiger partial charge on any atom is -0.388 e. The average Bonchev–Trinajstić information content (AvgIpc) is 3.52. The summed E-state index contributed by atoms with van der Waals surface area (Å²) in [6.45, 7) is 2.67. The zero-order chi connectivity index (χ0) is 36.3. The fourth-order valence-electron chi connectivity index (χ4n) is 8.29. The first-order chi connectivity index (χ1) is 25.9. The number of piperidine rings is 2. The van der Waals surface area contributed by atoms with E-state index in [9.17, 15) is 14.4 Å². The highest BCUT2D eigenvalue weighted by Crippen LogP contribution is 2.34. The fraction of sp³-hybridized carbons (Fsp3) is 0.390. The summed E-state index contributed by atoms with van der Waals surface area (Å²) in [7, 11) is 0. The van der Waals surface area contributed by atoms with E-state index in [1.54, 1.807) is 11.1 Å². The summed E-state index contributed by atoms with van der Waals surface area (Å²) in [4.78, 5) is 51.0. The van der Waals surface area contributed by atoms with Crippen molar-refractivity contribution in [3.05, 3.63) is 95.9 Å². The highest BCUT2D eigenvalue weighted by molar-refractivity contribution is 6.06. The predicted molar refractivity (Wildman–Crippen MR) is 207 cm³/mol. The predicted octanol–water partition coefficient (Wildman–Crippen LogP) is 4.78. The maximum atomic E-state index is 13.3. The van der Waals surface area contributed by atoms with Crippen LogP contribution in [0.4, 0.5) is 17.1 Å². The smallest absolute Gasteiger partial charge is 0.255 e. The zero-order valence-electron chi connectivity index (χ0n) is 29.9. The molecule has 1 aliphatic carbocycles. The third-order valence-electron chi connectivity index (χ3n) is 11.2. The van der Waals surface area contributed by atoms with Gasteiger partial charge >= 0.3 is 0 Å². The number of hydrogen-bond donors (Lipinski definition) is 5. The fourth-order valence-corrected chi connectivity index (χ4v) is 8.29. The lowest BCUT2D eigenvalue weighted by atomic mass is 9.90. The Kier molecular flexibility index (Phi) is 9.94. The van der Waals surface area contributed by atoms with Gasteiger partial charge in [-0.2, -0.15) is 0 Å². The van der Waals surface area contributed by atoms with Crippen LogP contribution >= 0.6 is 0 Å². The van der Waals surface area contributed by atoms with Crippen LogP contribution in [0, 0.1) is 0 Å². The summed E-state index contributed by atoms with van der Waals surface area (Å²) < 4.78 is 0. The summed E-state index contributed by atoms with van der Waals surface area (Å²) in [5.74, 6) is -0.813. The molecule has 6 N–H and O–H groups in total. The monoisotopic (exact) mass is 713 g/mol. The lowest BCUT2D eigenvalue weighted by Crippen LogP contribution is -2.52. The summed E-state index contributed by atoms with van der Waals surface area (Å²) in [6, 6.07) is 22.7. The van der Waals surface area contributed by atoms with Crippen molar-refractivity contribution in [3.8, 4) is 0 Å². The van der Waals surface area contributed by atoms with E-state index in [4.69, 9.17) is 10.7 Å². The van der Waals surface area contributed by atoms with Crippen LogP contribution in [0.2, 0.25) is 0 Å². The molecule has 4 aromatic rings. The van der Waals surface area contributed by atoms with Crippen molar-refractivity contribution >= 4 is 51.4 Å². The Balaban J connectivity index is 0.847. The third kappa shape index (κ3) is 7.54. The number of imide groups is 1. The Hall–Kier alpha value is -5.49. The van der Waals surface area contributed by atoms with E-state index in [2.05, 4.69) is 55.4 Å². The molecule has 1 saturated carbocycles. The SMILES string of the molecule is NC/C(=C\NC1CCN(c2cccc(NC3CCCC(Nc4cccc5c4CN(C4CCC(=O)NC4=O)C5=O)C3)c2)CC1)c1cnc2ccccc2n1. The highest BCUT2D eigenvalue weighted by atomic mass is 16.2. The molecular weight excluding hydrogens is 667 g/mol. The van der Waals surface area contributed by atoms with Crippen LogP contribution in [0.5, 0.6) is 0 Å². The van der Waals surface area contributed by atoms with E-state index in [0.29, 0.717) is 37.2 Å². The lowest BCUT2D eigenvalue weighted by Gasteiger charge is -2.35. The van der Waals surface area contributed by atoms with E-state index in [1.807, 2.05) is 48.7 Å². The Morgan fingerprint density at radius 3 is 2.49 bits per heavy atom. The van der Waals surface area contributed by atoms with Crippen LogP contribution < -0.4 is 31.9 Å². The number of nitrogens with zero attached hydrogens (tertiary/aromatic N) is 4. The molecule has 3 aliphatic heterocycles. The molecule has 0 bridgehead atoms. The number of carbonyl (C=O) groups excluding carboxylic acids is 3. The largest absolute Gasteiger partial charge is 0.388 e. The van der Waals surface area contributed by atoms with E-state index >= 15 is 0 Å². The van der Waals surface area contributed by atoms with Gasteiger partial charge in [-0.05, 0) is 87.4 Å². The van der Waals surface area contributed by atoms with E-state index < -0.39 is 6.04 Å². The number of aromatic nitrogens is 2. The highest BCUT2D eigenvalue weighted by Gasteiger charge is 2.40. The van der Waals surface area contributed by atoms with Crippen LogP contribution in [-0.2, 0) is 16.1 Å².